The van der Waals surface area contributed by atoms with Crippen LogP contribution in [0.2, 0.25) is 0 Å². The van der Waals surface area contributed by atoms with Gasteiger partial charge in [0.05, 0.1) is 29.2 Å². The second-order valence-corrected chi connectivity index (χ2v) is 14.4. The molecule has 1 aromatic rings. The Hall–Kier alpha value is -1.45. The summed E-state index contributed by atoms with van der Waals surface area (Å²) in [7, 11) is -5.01. The molecule has 0 saturated heterocycles. The second-order valence-electron chi connectivity index (χ2n) is 13.0. The Balaban J connectivity index is 0.0000230. The van der Waals surface area contributed by atoms with Crippen molar-refractivity contribution in [1.29, 1.82) is 0 Å². The van der Waals surface area contributed by atoms with Crippen LogP contribution in [0.3, 0.4) is 0 Å². The third-order valence-corrected chi connectivity index (χ3v) is 9.67. The SMILES string of the molecule is C=CCCCCCCCCCCCCCCOC(=O)c1cccc(S(=O)(=O)[O-])c1C(=O)OCCCCCCCCCCCCCCC=C.[Na+]. The predicted octanol–water partition coefficient (Wildman–Crippen LogP) is 8.42. The van der Waals surface area contributed by atoms with Gasteiger partial charge in [-0.3, -0.25) is 0 Å². The molecule has 9 heteroatoms. The van der Waals surface area contributed by atoms with E-state index in [1.54, 1.807) is 0 Å². The van der Waals surface area contributed by atoms with Gasteiger partial charge in [-0.2, -0.15) is 0 Å². The summed E-state index contributed by atoms with van der Waals surface area (Å²) in [4.78, 5) is 25.0. The van der Waals surface area contributed by atoms with Crippen molar-refractivity contribution in [2.24, 2.45) is 0 Å². The van der Waals surface area contributed by atoms with Gasteiger partial charge in [0.15, 0.2) is 0 Å². The largest absolute Gasteiger partial charge is 1.00 e. The van der Waals surface area contributed by atoms with Crippen LogP contribution in [0.15, 0.2) is 48.4 Å². The van der Waals surface area contributed by atoms with Gasteiger partial charge in [0.2, 0.25) is 0 Å². The van der Waals surface area contributed by atoms with Crippen LogP contribution in [-0.2, 0) is 19.6 Å². The monoisotopic (exact) mass is 712 g/mol. The molecule has 1 rings (SSSR count). The van der Waals surface area contributed by atoms with Crippen LogP contribution in [-0.4, -0.2) is 38.1 Å². The maximum Gasteiger partial charge on any atom is 1.00 e. The standard InChI is InChI=1S/C40H66O7S.Na/c1-3-5-7-9-11-13-15-17-19-21-23-25-27-29-34-46-39(41)36-32-31-33-37(48(43,44)45)38(36)40(42)47-35-30-28-26-24-22-20-18-16-14-12-10-8-6-4-2;/h3-4,31-33H,1-2,5-30,34-35H2,(H,43,44,45);/q;+1/p-1. The summed E-state index contributed by atoms with van der Waals surface area (Å²) in [6.45, 7) is 7.76. The molecule has 0 aromatic heterocycles. The average Bonchev–Trinajstić information content (AvgIpc) is 3.07. The fourth-order valence-electron chi connectivity index (χ4n) is 5.92. The first-order valence-electron chi connectivity index (χ1n) is 19.0. The van der Waals surface area contributed by atoms with E-state index in [0.717, 1.165) is 57.4 Å². The van der Waals surface area contributed by atoms with Gasteiger partial charge in [-0.15, -0.1) is 13.2 Å². The molecule has 0 N–H and O–H groups in total. The first-order chi connectivity index (χ1) is 23.3. The molecule has 274 valence electrons. The van der Waals surface area contributed by atoms with E-state index in [9.17, 15) is 22.6 Å². The molecule has 0 bridgehead atoms. The van der Waals surface area contributed by atoms with Crippen LogP contribution >= 0.6 is 0 Å². The van der Waals surface area contributed by atoms with E-state index >= 15 is 0 Å². The van der Waals surface area contributed by atoms with Crippen molar-refractivity contribution in [3.8, 4) is 0 Å². The van der Waals surface area contributed by atoms with Gasteiger partial charge in [0.1, 0.15) is 10.1 Å². The number of unbranched alkanes of at least 4 members (excludes halogenated alkanes) is 24. The number of carbonyl (C=O) groups excluding carboxylic acids is 2. The summed E-state index contributed by atoms with van der Waals surface area (Å²) in [5.74, 6) is -1.82. The number of benzene rings is 1. The molecule has 0 aliphatic rings. The van der Waals surface area contributed by atoms with Crippen LogP contribution in [0.5, 0.6) is 0 Å². The number of rotatable bonds is 33. The maximum atomic E-state index is 12.9. The third kappa shape index (κ3) is 25.2. The molecule has 0 unspecified atom stereocenters. The zero-order valence-electron chi connectivity index (χ0n) is 30.9. The third-order valence-electron chi connectivity index (χ3n) is 8.79. The summed E-state index contributed by atoms with van der Waals surface area (Å²) in [5, 5.41) is 0. The molecule has 0 aliphatic carbocycles. The smallest absolute Gasteiger partial charge is 0.744 e. The van der Waals surface area contributed by atoms with Gasteiger partial charge in [-0.25, -0.2) is 18.0 Å². The zero-order chi connectivity index (χ0) is 35.1. The van der Waals surface area contributed by atoms with Crippen molar-refractivity contribution in [3.63, 3.8) is 0 Å². The Kier molecular flexibility index (Phi) is 31.5. The van der Waals surface area contributed by atoms with Gasteiger partial charge in [0, 0.05) is 0 Å². The number of hydrogen-bond acceptors (Lipinski definition) is 7. The van der Waals surface area contributed by atoms with Crippen LogP contribution in [0.1, 0.15) is 188 Å². The first-order valence-corrected chi connectivity index (χ1v) is 20.4. The fourth-order valence-corrected chi connectivity index (χ4v) is 6.61. The van der Waals surface area contributed by atoms with Crippen molar-refractivity contribution in [2.45, 2.75) is 172 Å². The Morgan fingerprint density at radius 2 is 0.878 bits per heavy atom. The Morgan fingerprint density at radius 3 is 1.22 bits per heavy atom. The molecule has 0 fully saturated rings. The minimum atomic E-state index is -5.01. The van der Waals surface area contributed by atoms with Gasteiger partial charge < -0.3 is 14.0 Å². The number of esters is 2. The molecule has 49 heavy (non-hydrogen) atoms. The number of ether oxygens (including phenoxy) is 2. The maximum absolute atomic E-state index is 12.9. The van der Waals surface area contributed by atoms with Crippen molar-refractivity contribution < 1.29 is 61.6 Å². The molecular formula is C40H65NaO7S. The first kappa shape index (κ1) is 47.5. The molecule has 0 heterocycles. The summed E-state index contributed by atoms with van der Waals surface area (Å²) in [5.41, 5.74) is -0.788. The molecular weight excluding hydrogens is 647 g/mol. The van der Waals surface area contributed by atoms with Crippen molar-refractivity contribution in [2.75, 3.05) is 13.2 Å². The van der Waals surface area contributed by atoms with Crippen LogP contribution < -0.4 is 29.6 Å². The minimum Gasteiger partial charge on any atom is -0.744 e. The Bertz CT molecular complexity index is 1120. The van der Waals surface area contributed by atoms with E-state index in [1.165, 1.54) is 115 Å². The second kappa shape index (κ2) is 32.5. The molecule has 0 spiro atoms. The average molecular weight is 713 g/mol. The quantitative estimate of drug-likeness (QED) is 0.0237. The molecule has 0 amide bonds. The minimum absolute atomic E-state index is 0. The van der Waals surface area contributed by atoms with Gasteiger partial charge in [-0.05, 0) is 50.7 Å². The summed E-state index contributed by atoms with van der Waals surface area (Å²) < 4.78 is 46.5. The van der Waals surface area contributed by atoms with E-state index in [4.69, 9.17) is 9.47 Å². The topological polar surface area (TPSA) is 110 Å². The molecule has 1 aromatic carbocycles. The van der Waals surface area contributed by atoms with Crippen LogP contribution in [0, 0.1) is 0 Å². The van der Waals surface area contributed by atoms with Gasteiger partial charge in [-0.1, -0.05) is 147 Å². The van der Waals surface area contributed by atoms with E-state index in [-0.39, 0.29) is 48.3 Å². The fraction of sp³-hybridized carbons (Fsp3) is 0.700. The Morgan fingerprint density at radius 1 is 0.551 bits per heavy atom. The van der Waals surface area contributed by atoms with Crippen molar-refractivity contribution in [3.05, 3.63) is 54.6 Å². The summed E-state index contributed by atoms with van der Waals surface area (Å²) in [6, 6.07) is 3.60. The van der Waals surface area contributed by atoms with Crippen molar-refractivity contribution in [1.82, 2.24) is 0 Å². The number of carbonyl (C=O) groups is 2. The van der Waals surface area contributed by atoms with E-state index < -0.39 is 32.5 Å². The zero-order valence-corrected chi connectivity index (χ0v) is 33.7. The number of hydrogen-bond donors (Lipinski definition) is 0. The molecule has 7 nitrogen and oxygen atoms in total. The molecule has 0 saturated carbocycles. The van der Waals surface area contributed by atoms with Gasteiger partial charge in [0.25, 0.3) is 0 Å². The molecule has 0 aliphatic heterocycles. The summed E-state index contributed by atoms with van der Waals surface area (Å²) in [6.07, 6.45) is 34.0. The molecule has 0 radical (unpaired) electrons. The van der Waals surface area contributed by atoms with Crippen LogP contribution in [0.25, 0.3) is 0 Å². The number of allylic oxidation sites excluding steroid dienone is 2. The van der Waals surface area contributed by atoms with Gasteiger partial charge >= 0.3 is 41.5 Å². The molecule has 0 atom stereocenters. The normalized spacial score (nSPS) is 11.1. The predicted molar refractivity (Wildman–Crippen MR) is 195 cm³/mol. The Labute approximate surface area is 321 Å². The van der Waals surface area contributed by atoms with Crippen LogP contribution in [0.4, 0.5) is 0 Å². The summed E-state index contributed by atoms with van der Waals surface area (Å²) >= 11 is 0. The van der Waals surface area contributed by atoms with E-state index in [0.29, 0.717) is 12.8 Å². The van der Waals surface area contributed by atoms with E-state index in [1.807, 2.05) is 12.2 Å². The van der Waals surface area contributed by atoms with E-state index in [2.05, 4.69) is 13.2 Å². The van der Waals surface area contributed by atoms with Crippen molar-refractivity contribution >= 4 is 22.1 Å².